The number of aliphatic hydroxyl groups is 1. The molecule has 0 atom stereocenters. The first-order chi connectivity index (χ1) is 23.0. The van der Waals surface area contributed by atoms with Crippen LogP contribution in [0.5, 0.6) is 0 Å². The topological polar surface area (TPSA) is 26.7 Å². The molecule has 2 fully saturated rings. The first-order valence-electron chi connectivity index (χ1n) is 17.0. The average Bonchev–Trinajstić information content (AvgIpc) is 3.67. The van der Waals surface area contributed by atoms with Crippen molar-refractivity contribution in [2.24, 2.45) is 0 Å². The van der Waals surface area contributed by atoms with Crippen molar-refractivity contribution >= 4 is 40.4 Å². The first-order valence-corrected chi connectivity index (χ1v) is 22.3. The number of aliphatic hydroxyl groups excluding tert-OH is 1. The maximum absolute atomic E-state index is 8.91. The van der Waals surface area contributed by atoms with Crippen molar-refractivity contribution < 1.29 is 18.6 Å². The van der Waals surface area contributed by atoms with Crippen LogP contribution in [0.15, 0.2) is 84.9 Å². The Kier molecular flexibility index (Phi) is 12.8. The third-order valence-corrected chi connectivity index (χ3v) is 12.4. The Hall–Kier alpha value is -2.75. The van der Waals surface area contributed by atoms with Gasteiger partial charge in [-0.25, -0.2) is 0 Å². The van der Waals surface area contributed by atoms with Crippen LogP contribution in [0.4, 0.5) is 11.4 Å². The summed E-state index contributed by atoms with van der Waals surface area (Å²) >= 11 is -1.88. The summed E-state index contributed by atoms with van der Waals surface area (Å²) in [5, 5.41) is 8.91. The number of benzene rings is 4. The fraction of sp³-hybridized carbons (Fsp3) is 0.333. The summed E-state index contributed by atoms with van der Waals surface area (Å²) in [6, 6.07) is 27.8. The molecule has 256 valence electrons. The molecule has 3 aliphatic rings. The van der Waals surface area contributed by atoms with Crippen molar-refractivity contribution in [3.63, 3.8) is 0 Å². The van der Waals surface area contributed by atoms with Crippen LogP contribution in [-0.4, -0.2) is 28.4 Å². The number of hydrogen-bond donors (Lipinski definition) is 1. The number of hydrogen-bond acceptors (Lipinski definition) is 3. The summed E-state index contributed by atoms with van der Waals surface area (Å²) in [6.07, 6.45) is 8.08. The van der Waals surface area contributed by atoms with Gasteiger partial charge in [0.2, 0.25) is 0 Å². The second kappa shape index (κ2) is 16.8. The summed E-state index contributed by atoms with van der Waals surface area (Å²) in [6.45, 7) is 17.6. The van der Waals surface area contributed by atoms with Gasteiger partial charge in [-0.2, -0.15) is 6.67 Å². The summed E-state index contributed by atoms with van der Waals surface area (Å²) in [5.74, 6) is 0. The van der Waals surface area contributed by atoms with E-state index in [1.807, 2.05) is 24.3 Å². The molecule has 6 heteroatoms. The van der Waals surface area contributed by atoms with Crippen molar-refractivity contribution in [3.8, 4) is 0 Å². The Morgan fingerprint density at radius 2 is 1.10 bits per heavy atom. The van der Waals surface area contributed by atoms with Gasteiger partial charge in [0.05, 0.1) is 6.10 Å². The minimum atomic E-state index is -1.88. The normalized spacial score (nSPS) is 16.1. The van der Waals surface area contributed by atoms with Gasteiger partial charge >= 0.3 is 120 Å². The number of anilines is 2. The van der Waals surface area contributed by atoms with Crippen LogP contribution in [0, 0.1) is 48.2 Å². The van der Waals surface area contributed by atoms with Crippen LogP contribution in [-0.2, 0) is 13.5 Å². The van der Waals surface area contributed by atoms with Gasteiger partial charge in [0.1, 0.15) is 0 Å². The van der Waals surface area contributed by atoms with Gasteiger partial charge in [0, 0.05) is 24.5 Å². The Balaban J connectivity index is 0.000000159. The monoisotopic (exact) mass is 769 g/mol. The molecule has 0 aromatic heterocycles. The van der Waals surface area contributed by atoms with E-state index in [1.165, 1.54) is 86.3 Å². The number of allylic oxidation sites excluding steroid dienone is 1. The first kappa shape index (κ1) is 36.5. The SMILES string of the molecule is Cc1cc(C)c(N2[CH-]N(c3c(C)cc(C)cc3C)CC2)c(C)c1.OC1CCCCC1.[Cl][Ru]([Cl])=[C]1C=C(c2ccccc2)c2ccccc21. The van der Waals surface area contributed by atoms with Gasteiger partial charge in [-0.3, -0.25) is 0 Å². The molecule has 1 aliphatic heterocycles. The molecule has 0 spiro atoms. The standard InChI is InChI=1S/C21H27N2.C15H10.C6H12O.2ClH.Ru/c1-14-9-16(3)20(17(4)10-14)22-7-8-23(13-22)21-18(5)11-15(2)12-19(21)6;1-2-6-12(7-3-1)15-11-10-13-8-4-5-9-14(13)15;7-6-4-2-1-3-5-6;;;/h9-13H,7-8H2,1-6H3;1-9,11H;6-7H,1-5H2;2*1H;/q-1;;;;;+2/p-2. The summed E-state index contributed by atoms with van der Waals surface area (Å²) < 4.78 is 1.12. The van der Waals surface area contributed by atoms with Crippen LogP contribution in [0.1, 0.15) is 82.2 Å². The Morgan fingerprint density at radius 1 is 0.646 bits per heavy atom. The second-order valence-electron chi connectivity index (χ2n) is 13.3. The summed E-state index contributed by atoms with van der Waals surface area (Å²) in [7, 11) is 12.4. The summed E-state index contributed by atoms with van der Waals surface area (Å²) in [4.78, 5) is 4.81. The van der Waals surface area contributed by atoms with E-state index in [0.29, 0.717) is 0 Å². The molecule has 0 radical (unpaired) electrons. The zero-order chi connectivity index (χ0) is 34.4. The van der Waals surface area contributed by atoms with Crippen molar-refractivity contribution in [1.29, 1.82) is 0 Å². The van der Waals surface area contributed by atoms with Crippen LogP contribution < -0.4 is 9.80 Å². The van der Waals surface area contributed by atoms with Crippen molar-refractivity contribution in [2.45, 2.75) is 79.8 Å². The molecule has 2 aliphatic carbocycles. The molecule has 1 saturated heterocycles. The van der Waals surface area contributed by atoms with E-state index in [4.69, 9.17) is 24.5 Å². The van der Waals surface area contributed by atoms with Crippen LogP contribution in [0.3, 0.4) is 0 Å². The molecule has 0 bridgehead atoms. The van der Waals surface area contributed by atoms with E-state index in [0.717, 1.165) is 30.0 Å². The van der Waals surface area contributed by atoms with E-state index in [2.05, 4.69) is 119 Å². The predicted octanol–water partition coefficient (Wildman–Crippen LogP) is 10.9. The van der Waals surface area contributed by atoms with Crippen LogP contribution in [0.2, 0.25) is 0 Å². The van der Waals surface area contributed by atoms with Gasteiger partial charge in [-0.05, 0) is 76.6 Å². The molecule has 0 amide bonds. The van der Waals surface area contributed by atoms with E-state index >= 15 is 0 Å². The molecule has 7 rings (SSSR count). The second-order valence-corrected chi connectivity index (χ2v) is 19.1. The van der Waals surface area contributed by atoms with Gasteiger partial charge in [0.15, 0.2) is 0 Å². The van der Waals surface area contributed by atoms with Crippen molar-refractivity contribution in [2.75, 3.05) is 22.9 Å². The van der Waals surface area contributed by atoms with E-state index in [9.17, 15) is 0 Å². The van der Waals surface area contributed by atoms with Gasteiger partial charge < -0.3 is 14.9 Å². The number of nitrogens with zero attached hydrogens (tertiary/aromatic N) is 2. The molecule has 1 N–H and O–H groups in total. The van der Waals surface area contributed by atoms with Crippen LogP contribution >= 0.6 is 19.4 Å². The molecular formula is C42H49Cl2N2ORu-. The Labute approximate surface area is 301 Å². The quantitative estimate of drug-likeness (QED) is 0.166. The average molecular weight is 770 g/mol. The molecule has 4 aromatic rings. The zero-order valence-electron chi connectivity index (χ0n) is 29.1. The molecular weight excluding hydrogens is 720 g/mol. The predicted molar refractivity (Wildman–Crippen MR) is 205 cm³/mol. The van der Waals surface area contributed by atoms with E-state index in [-0.39, 0.29) is 6.10 Å². The van der Waals surface area contributed by atoms with E-state index in [1.54, 1.807) is 0 Å². The van der Waals surface area contributed by atoms with Gasteiger partial charge in [0.25, 0.3) is 0 Å². The third-order valence-electron chi connectivity index (χ3n) is 9.24. The molecule has 1 saturated carbocycles. The number of fused-ring (bicyclic) bond motifs is 1. The molecule has 3 nitrogen and oxygen atoms in total. The minimum absolute atomic E-state index is 0.0359. The van der Waals surface area contributed by atoms with Gasteiger partial charge in [-0.15, -0.1) is 0 Å². The molecule has 4 aromatic carbocycles. The molecule has 48 heavy (non-hydrogen) atoms. The third kappa shape index (κ3) is 8.88. The van der Waals surface area contributed by atoms with Crippen LogP contribution in [0.25, 0.3) is 5.57 Å². The number of halogens is 2. The Morgan fingerprint density at radius 3 is 1.54 bits per heavy atom. The molecule has 1 heterocycles. The Bertz CT molecular complexity index is 1680. The maximum atomic E-state index is 8.91. The molecule has 0 unspecified atom stereocenters. The zero-order valence-corrected chi connectivity index (χ0v) is 32.4. The van der Waals surface area contributed by atoms with Crippen molar-refractivity contribution in [1.82, 2.24) is 0 Å². The summed E-state index contributed by atoms with van der Waals surface area (Å²) in [5.41, 5.74) is 15.7. The fourth-order valence-corrected chi connectivity index (χ4v) is 9.82. The van der Waals surface area contributed by atoms with Crippen molar-refractivity contribution in [3.05, 3.63) is 142 Å². The number of aryl methyl sites for hydroxylation is 6. The van der Waals surface area contributed by atoms with Gasteiger partial charge in [-0.1, -0.05) is 54.7 Å². The van der Waals surface area contributed by atoms with E-state index < -0.39 is 13.5 Å². The fourth-order valence-electron chi connectivity index (χ4n) is 7.34. The number of rotatable bonds is 3.